The monoisotopic (exact) mass is 625 g/mol. The van der Waals surface area contributed by atoms with E-state index >= 15 is 0 Å². The maximum atomic E-state index is 14.2. The standard InChI is InChI=1S/C33H40ClN3O5S/c1-23-13-16-29(17-14-23)43(40,41)37(28-15-18-31(42-4)30(34)20-28)22-32(38)36(21-26-10-8-9-24(2)19-26)25(3)33(39)35-27-11-6-5-7-12-27/h8-10,13-20,25,27H,5-7,11-12,21-22H2,1-4H3,(H,35,39)/t25-/m1/s1. The fourth-order valence-corrected chi connectivity index (χ4v) is 6.99. The third-order valence-corrected chi connectivity index (χ3v) is 9.95. The summed E-state index contributed by atoms with van der Waals surface area (Å²) < 4.78 is 34.4. The van der Waals surface area contributed by atoms with E-state index in [-0.39, 0.29) is 34.1 Å². The fraction of sp³-hybridized carbons (Fsp3) is 0.394. The van der Waals surface area contributed by atoms with Crippen LogP contribution in [0.2, 0.25) is 5.02 Å². The first-order valence-corrected chi connectivity index (χ1v) is 16.4. The second kappa shape index (κ2) is 14.3. The number of carbonyl (C=O) groups is 2. The first-order valence-electron chi connectivity index (χ1n) is 14.6. The van der Waals surface area contributed by atoms with Gasteiger partial charge in [-0.2, -0.15) is 0 Å². The minimum atomic E-state index is -4.20. The molecule has 1 saturated carbocycles. The number of nitrogens with zero attached hydrogens (tertiary/aromatic N) is 2. The minimum absolute atomic E-state index is 0.0335. The van der Waals surface area contributed by atoms with Gasteiger partial charge in [0.15, 0.2) is 0 Å². The van der Waals surface area contributed by atoms with Gasteiger partial charge in [0, 0.05) is 12.6 Å². The van der Waals surface area contributed by atoms with Crippen LogP contribution < -0.4 is 14.4 Å². The number of sulfonamides is 1. The highest BCUT2D eigenvalue weighted by Gasteiger charge is 2.33. The largest absolute Gasteiger partial charge is 0.495 e. The van der Waals surface area contributed by atoms with Gasteiger partial charge in [0.25, 0.3) is 10.0 Å². The molecular formula is C33H40ClN3O5S. The zero-order valence-corrected chi connectivity index (χ0v) is 26.7. The molecule has 0 spiro atoms. The van der Waals surface area contributed by atoms with Gasteiger partial charge in [-0.25, -0.2) is 8.42 Å². The molecule has 0 saturated heterocycles. The number of methoxy groups -OCH3 is 1. The summed E-state index contributed by atoms with van der Waals surface area (Å²) in [6.45, 7) is 5.12. The lowest BCUT2D eigenvalue weighted by atomic mass is 9.95. The third kappa shape index (κ3) is 8.09. The number of nitrogens with one attached hydrogen (secondary N) is 1. The number of benzene rings is 3. The Labute approximate surface area is 260 Å². The smallest absolute Gasteiger partial charge is 0.264 e. The summed E-state index contributed by atoms with van der Waals surface area (Å²) >= 11 is 6.40. The molecule has 1 atom stereocenters. The van der Waals surface area contributed by atoms with Crippen LogP contribution in [0, 0.1) is 13.8 Å². The topological polar surface area (TPSA) is 96.0 Å². The van der Waals surface area contributed by atoms with Gasteiger partial charge in [-0.15, -0.1) is 0 Å². The minimum Gasteiger partial charge on any atom is -0.495 e. The van der Waals surface area contributed by atoms with Gasteiger partial charge in [-0.05, 0) is 69.5 Å². The van der Waals surface area contributed by atoms with Crippen LogP contribution in [0.15, 0.2) is 71.6 Å². The second-order valence-electron chi connectivity index (χ2n) is 11.2. The number of amides is 2. The van der Waals surface area contributed by atoms with Crippen molar-refractivity contribution in [2.45, 2.75) is 76.4 Å². The van der Waals surface area contributed by atoms with E-state index in [1.807, 2.05) is 38.1 Å². The predicted molar refractivity (Wildman–Crippen MR) is 170 cm³/mol. The molecule has 43 heavy (non-hydrogen) atoms. The van der Waals surface area contributed by atoms with E-state index in [2.05, 4.69) is 5.32 Å². The molecule has 1 N–H and O–H groups in total. The normalized spacial score (nSPS) is 14.5. The van der Waals surface area contributed by atoms with Crippen LogP contribution in [0.4, 0.5) is 5.69 Å². The van der Waals surface area contributed by atoms with Crippen molar-refractivity contribution in [1.29, 1.82) is 0 Å². The SMILES string of the molecule is COc1ccc(N(CC(=O)N(Cc2cccc(C)c2)[C@H](C)C(=O)NC2CCCCC2)S(=O)(=O)c2ccc(C)cc2)cc1Cl. The Balaban J connectivity index is 1.70. The summed E-state index contributed by atoms with van der Waals surface area (Å²) in [5.41, 5.74) is 2.96. The number of halogens is 1. The zero-order valence-electron chi connectivity index (χ0n) is 25.2. The molecule has 3 aromatic rings. The number of ether oxygens (including phenoxy) is 1. The van der Waals surface area contributed by atoms with E-state index in [1.165, 1.54) is 30.2 Å². The first-order chi connectivity index (χ1) is 20.5. The highest BCUT2D eigenvalue weighted by Crippen LogP contribution is 2.32. The van der Waals surface area contributed by atoms with Crippen molar-refractivity contribution in [3.8, 4) is 5.75 Å². The first kappa shape index (κ1) is 32.4. The van der Waals surface area contributed by atoms with Crippen LogP contribution >= 0.6 is 11.6 Å². The number of anilines is 1. The van der Waals surface area contributed by atoms with Crippen LogP contribution in [0.3, 0.4) is 0 Å². The van der Waals surface area contributed by atoms with Gasteiger partial charge < -0.3 is 15.0 Å². The van der Waals surface area contributed by atoms with Crippen molar-refractivity contribution in [1.82, 2.24) is 10.2 Å². The maximum absolute atomic E-state index is 14.2. The molecule has 4 rings (SSSR count). The molecule has 230 valence electrons. The summed E-state index contributed by atoms with van der Waals surface area (Å²) in [4.78, 5) is 29.1. The van der Waals surface area contributed by atoms with Gasteiger partial charge in [-0.3, -0.25) is 13.9 Å². The van der Waals surface area contributed by atoms with E-state index in [0.29, 0.717) is 5.75 Å². The van der Waals surface area contributed by atoms with Gasteiger partial charge in [0.2, 0.25) is 11.8 Å². The number of hydrogen-bond donors (Lipinski definition) is 1. The van der Waals surface area contributed by atoms with E-state index in [1.54, 1.807) is 31.2 Å². The average molecular weight is 626 g/mol. The van der Waals surface area contributed by atoms with Gasteiger partial charge in [0.1, 0.15) is 18.3 Å². The van der Waals surface area contributed by atoms with Crippen LogP contribution in [-0.2, 0) is 26.2 Å². The van der Waals surface area contributed by atoms with Crippen molar-refractivity contribution in [2.75, 3.05) is 18.0 Å². The molecule has 0 radical (unpaired) electrons. The second-order valence-corrected chi connectivity index (χ2v) is 13.4. The fourth-order valence-electron chi connectivity index (χ4n) is 5.34. The summed E-state index contributed by atoms with van der Waals surface area (Å²) in [7, 11) is -2.73. The Morgan fingerprint density at radius 1 is 0.977 bits per heavy atom. The molecule has 0 bridgehead atoms. The van der Waals surface area contributed by atoms with E-state index in [0.717, 1.165) is 53.1 Å². The molecule has 0 unspecified atom stereocenters. The molecule has 8 nitrogen and oxygen atoms in total. The van der Waals surface area contributed by atoms with Crippen molar-refractivity contribution in [3.05, 3.63) is 88.4 Å². The number of hydrogen-bond acceptors (Lipinski definition) is 5. The lowest BCUT2D eigenvalue weighted by Gasteiger charge is -2.33. The van der Waals surface area contributed by atoms with Gasteiger partial charge in [-0.1, -0.05) is 78.4 Å². The summed E-state index contributed by atoms with van der Waals surface area (Å²) in [6.07, 6.45) is 5.08. The summed E-state index contributed by atoms with van der Waals surface area (Å²) in [6, 6.07) is 17.9. The van der Waals surface area contributed by atoms with Crippen molar-refractivity contribution in [2.24, 2.45) is 0 Å². The molecule has 1 aliphatic carbocycles. The quantitative estimate of drug-likeness (QED) is 0.281. The molecule has 10 heteroatoms. The van der Waals surface area contributed by atoms with Crippen molar-refractivity contribution in [3.63, 3.8) is 0 Å². The summed E-state index contributed by atoms with van der Waals surface area (Å²) in [5.74, 6) is -0.401. The van der Waals surface area contributed by atoms with Crippen LogP contribution in [0.5, 0.6) is 5.75 Å². The van der Waals surface area contributed by atoms with Crippen LogP contribution in [0.25, 0.3) is 0 Å². The van der Waals surface area contributed by atoms with Crippen molar-refractivity contribution < 1.29 is 22.7 Å². The van der Waals surface area contributed by atoms with Crippen LogP contribution in [-0.4, -0.2) is 50.9 Å². The molecule has 2 amide bonds. The predicted octanol–water partition coefficient (Wildman–Crippen LogP) is 6.03. The molecule has 0 aromatic heterocycles. The molecule has 3 aromatic carbocycles. The molecule has 0 aliphatic heterocycles. The molecule has 0 heterocycles. The molecular weight excluding hydrogens is 586 g/mol. The molecule has 1 fully saturated rings. The Morgan fingerprint density at radius 2 is 1.67 bits per heavy atom. The van der Waals surface area contributed by atoms with Gasteiger partial charge in [0.05, 0.1) is 22.7 Å². The Morgan fingerprint density at radius 3 is 2.30 bits per heavy atom. The zero-order chi connectivity index (χ0) is 31.1. The van der Waals surface area contributed by atoms with Crippen LogP contribution in [0.1, 0.15) is 55.7 Å². The Bertz CT molecular complexity index is 1540. The summed E-state index contributed by atoms with van der Waals surface area (Å²) in [5, 5.41) is 3.32. The lowest BCUT2D eigenvalue weighted by molar-refractivity contribution is -0.139. The van der Waals surface area contributed by atoms with Gasteiger partial charge >= 0.3 is 0 Å². The maximum Gasteiger partial charge on any atom is 0.264 e. The number of carbonyl (C=O) groups excluding carboxylic acids is 2. The Hall–Kier alpha value is -3.56. The Kier molecular flexibility index (Phi) is 10.7. The van der Waals surface area contributed by atoms with E-state index < -0.39 is 28.5 Å². The van der Waals surface area contributed by atoms with E-state index in [9.17, 15) is 18.0 Å². The number of aryl methyl sites for hydroxylation is 2. The molecule has 1 aliphatic rings. The van der Waals surface area contributed by atoms with E-state index in [4.69, 9.17) is 16.3 Å². The number of rotatable bonds is 11. The lowest BCUT2D eigenvalue weighted by Crippen LogP contribution is -2.53. The highest BCUT2D eigenvalue weighted by atomic mass is 35.5. The average Bonchev–Trinajstić information content (AvgIpc) is 2.99. The third-order valence-electron chi connectivity index (χ3n) is 7.87. The van der Waals surface area contributed by atoms with Crippen molar-refractivity contribution >= 4 is 39.1 Å². The highest BCUT2D eigenvalue weighted by molar-refractivity contribution is 7.92.